The summed E-state index contributed by atoms with van der Waals surface area (Å²) in [6, 6.07) is 10.1. The van der Waals surface area contributed by atoms with Crippen molar-refractivity contribution in [3.05, 3.63) is 65.1 Å². The van der Waals surface area contributed by atoms with E-state index in [2.05, 4.69) is 15.6 Å². The highest BCUT2D eigenvalue weighted by Gasteiger charge is 2.44. The summed E-state index contributed by atoms with van der Waals surface area (Å²) in [5.41, 5.74) is 1.67. The third-order valence-electron chi connectivity index (χ3n) is 4.61. The van der Waals surface area contributed by atoms with Gasteiger partial charge in [0.2, 0.25) is 5.89 Å². The van der Waals surface area contributed by atoms with Crippen LogP contribution in [0.3, 0.4) is 0 Å². The standard InChI is InChI=1S/C19H18FN3O2S/c20-14-5-3-13(4-6-14)19(7-8-19)12-22-18(24)21-10-15-11-25-17(23-15)16-2-1-9-26-16/h1-6,9,11H,7-8,10,12H2,(H2,21,22,24). The van der Waals surface area contributed by atoms with Crippen LogP contribution in [-0.4, -0.2) is 17.6 Å². The number of hydrogen-bond acceptors (Lipinski definition) is 4. The molecule has 2 N–H and O–H groups in total. The molecule has 2 aromatic heterocycles. The Balaban J connectivity index is 1.28. The van der Waals surface area contributed by atoms with E-state index in [1.807, 2.05) is 17.5 Å². The average Bonchev–Trinajstić information content (AvgIpc) is 3.05. The third kappa shape index (κ3) is 3.62. The summed E-state index contributed by atoms with van der Waals surface area (Å²) >= 11 is 1.55. The number of aromatic nitrogens is 1. The lowest BCUT2D eigenvalue weighted by Gasteiger charge is -2.16. The van der Waals surface area contributed by atoms with Crippen LogP contribution in [0.15, 0.2) is 52.5 Å². The van der Waals surface area contributed by atoms with Gasteiger partial charge in [0.25, 0.3) is 0 Å². The number of carbonyl (C=O) groups excluding carboxylic acids is 1. The molecule has 0 saturated heterocycles. The minimum atomic E-state index is -0.251. The number of hydrogen-bond donors (Lipinski definition) is 2. The second kappa shape index (κ2) is 6.92. The minimum absolute atomic E-state index is 0.0642. The molecule has 26 heavy (non-hydrogen) atoms. The second-order valence-corrected chi connectivity index (χ2v) is 7.39. The maximum Gasteiger partial charge on any atom is 0.315 e. The average molecular weight is 371 g/mol. The van der Waals surface area contributed by atoms with Crippen molar-refractivity contribution < 1.29 is 13.6 Å². The zero-order valence-corrected chi connectivity index (χ0v) is 14.8. The van der Waals surface area contributed by atoms with E-state index in [-0.39, 0.29) is 17.3 Å². The van der Waals surface area contributed by atoms with Gasteiger partial charge in [-0.2, -0.15) is 0 Å². The number of benzene rings is 1. The first-order chi connectivity index (χ1) is 12.6. The van der Waals surface area contributed by atoms with E-state index in [9.17, 15) is 9.18 Å². The second-order valence-electron chi connectivity index (χ2n) is 6.44. The van der Waals surface area contributed by atoms with Crippen LogP contribution < -0.4 is 10.6 Å². The maximum atomic E-state index is 13.1. The number of halogens is 1. The molecule has 3 aromatic rings. The summed E-state index contributed by atoms with van der Waals surface area (Å²) in [6.45, 7) is 0.827. The molecule has 0 radical (unpaired) electrons. The van der Waals surface area contributed by atoms with Crippen LogP contribution in [0.5, 0.6) is 0 Å². The molecule has 1 fully saturated rings. The van der Waals surface area contributed by atoms with Crippen molar-refractivity contribution in [2.45, 2.75) is 24.8 Å². The van der Waals surface area contributed by atoms with Gasteiger partial charge in [0.15, 0.2) is 0 Å². The summed E-state index contributed by atoms with van der Waals surface area (Å²) in [4.78, 5) is 17.4. The fourth-order valence-corrected chi connectivity index (χ4v) is 3.56. The highest BCUT2D eigenvalue weighted by Crippen LogP contribution is 2.47. The third-order valence-corrected chi connectivity index (χ3v) is 5.47. The van der Waals surface area contributed by atoms with Crippen molar-refractivity contribution >= 4 is 17.4 Å². The number of nitrogens with zero attached hydrogens (tertiary/aromatic N) is 1. The summed E-state index contributed by atoms with van der Waals surface area (Å²) in [5, 5.41) is 7.65. The van der Waals surface area contributed by atoms with E-state index in [1.165, 1.54) is 12.1 Å². The Labute approximate surface area is 154 Å². The monoisotopic (exact) mass is 371 g/mol. The molecule has 134 valence electrons. The molecular weight excluding hydrogens is 353 g/mol. The van der Waals surface area contributed by atoms with Crippen LogP contribution in [0.1, 0.15) is 24.1 Å². The molecule has 0 spiro atoms. The first-order valence-electron chi connectivity index (χ1n) is 8.41. The van der Waals surface area contributed by atoms with E-state index in [4.69, 9.17) is 4.42 Å². The molecule has 1 aliphatic carbocycles. The molecule has 4 rings (SSSR count). The number of amides is 2. The van der Waals surface area contributed by atoms with E-state index in [0.29, 0.717) is 24.7 Å². The topological polar surface area (TPSA) is 67.2 Å². The predicted molar refractivity (Wildman–Crippen MR) is 97.4 cm³/mol. The molecule has 1 aromatic carbocycles. The van der Waals surface area contributed by atoms with E-state index in [1.54, 1.807) is 29.7 Å². The van der Waals surface area contributed by atoms with Gasteiger partial charge in [-0.15, -0.1) is 11.3 Å². The molecule has 0 aliphatic heterocycles. The zero-order chi connectivity index (χ0) is 18.0. The van der Waals surface area contributed by atoms with Gasteiger partial charge in [0, 0.05) is 12.0 Å². The first-order valence-corrected chi connectivity index (χ1v) is 9.29. The smallest absolute Gasteiger partial charge is 0.315 e. The Morgan fingerprint density at radius 3 is 2.73 bits per heavy atom. The van der Waals surface area contributed by atoms with Gasteiger partial charge in [0.1, 0.15) is 12.1 Å². The van der Waals surface area contributed by atoms with Gasteiger partial charge >= 0.3 is 6.03 Å². The number of oxazole rings is 1. The first kappa shape index (κ1) is 16.8. The zero-order valence-electron chi connectivity index (χ0n) is 14.0. The number of thiophene rings is 1. The Morgan fingerprint density at radius 1 is 1.23 bits per heavy atom. The summed E-state index contributed by atoms with van der Waals surface area (Å²) in [5.74, 6) is 0.315. The Bertz CT molecular complexity index is 886. The summed E-state index contributed by atoms with van der Waals surface area (Å²) < 4.78 is 18.5. The van der Waals surface area contributed by atoms with Gasteiger partial charge in [-0.05, 0) is 42.0 Å². The highest BCUT2D eigenvalue weighted by molar-refractivity contribution is 7.13. The molecule has 5 nitrogen and oxygen atoms in total. The highest BCUT2D eigenvalue weighted by atomic mass is 32.1. The maximum absolute atomic E-state index is 13.1. The van der Waals surface area contributed by atoms with Crippen LogP contribution in [0.2, 0.25) is 0 Å². The van der Waals surface area contributed by atoms with Crippen LogP contribution >= 0.6 is 11.3 Å². The molecule has 7 heteroatoms. The van der Waals surface area contributed by atoms with Crippen molar-refractivity contribution in [1.82, 2.24) is 15.6 Å². The molecule has 1 saturated carbocycles. The lowest BCUT2D eigenvalue weighted by Crippen LogP contribution is -2.39. The Morgan fingerprint density at radius 2 is 2.04 bits per heavy atom. The van der Waals surface area contributed by atoms with Crippen LogP contribution in [-0.2, 0) is 12.0 Å². The normalized spacial score (nSPS) is 14.8. The van der Waals surface area contributed by atoms with E-state index >= 15 is 0 Å². The molecular formula is C19H18FN3O2S. The molecule has 1 aliphatic rings. The lowest BCUT2D eigenvalue weighted by atomic mass is 9.96. The molecule has 2 heterocycles. The van der Waals surface area contributed by atoms with Crippen LogP contribution in [0.4, 0.5) is 9.18 Å². The van der Waals surface area contributed by atoms with Gasteiger partial charge in [-0.25, -0.2) is 14.2 Å². The summed E-state index contributed by atoms with van der Waals surface area (Å²) in [6.07, 6.45) is 3.54. The summed E-state index contributed by atoms with van der Waals surface area (Å²) in [7, 11) is 0. The SMILES string of the molecule is O=C(NCc1coc(-c2cccs2)n1)NCC1(c2ccc(F)cc2)CC1. The van der Waals surface area contributed by atoms with E-state index < -0.39 is 0 Å². The number of rotatable bonds is 6. The van der Waals surface area contributed by atoms with Gasteiger partial charge in [-0.3, -0.25) is 0 Å². The molecule has 0 bridgehead atoms. The van der Waals surface area contributed by atoms with Crippen molar-refractivity contribution in [3.8, 4) is 10.8 Å². The fraction of sp³-hybridized carbons (Fsp3) is 0.263. The van der Waals surface area contributed by atoms with Crippen molar-refractivity contribution in [2.75, 3.05) is 6.54 Å². The Hall–Kier alpha value is -2.67. The fourth-order valence-electron chi connectivity index (χ4n) is 2.91. The van der Waals surface area contributed by atoms with Gasteiger partial charge in [0.05, 0.1) is 17.1 Å². The molecule has 2 amide bonds. The lowest BCUT2D eigenvalue weighted by molar-refractivity contribution is 0.239. The van der Waals surface area contributed by atoms with Crippen molar-refractivity contribution in [3.63, 3.8) is 0 Å². The number of nitrogens with one attached hydrogen (secondary N) is 2. The minimum Gasteiger partial charge on any atom is -0.443 e. The largest absolute Gasteiger partial charge is 0.443 e. The van der Waals surface area contributed by atoms with Crippen LogP contribution in [0.25, 0.3) is 10.8 Å². The molecule has 0 atom stereocenters. The van der Waals surface area contributed by atoms with Gasteiger partial charge in [-0.1, -0.05) is 18.2 Å². The van der Waals surface area contributed by atoms with Crippen molar-refractivity contribution in [1.29, 1.82) is 0 Å². The van der Waals surface area contributed by atoms with E-state index in [0.717, 1.165) is 23.3 Å². The van der Waals surface area contributed by atoms with Gasteiger partial charge < -0.3 is 15.1 Å². The predicted octanol–water partition coefficient (Wildman–Crippen LogP) is 4.07. The number of urea groups is 1. The quantitative estimate of drug-likeness (QED) is 0.686. The van der Waals surface area contributed by atoms with Crippen LogP contribution in [0, 0.1) is 5.82 Å². The number of carbonyl (C=O) groups is 1. The Kier molecular flexibility index (Phi) is 4.46. The molecule has 0 unspecified atom stereocenters. The van der Waals surface area contributed by atoms with Crippen molar-refractivity contribution in [2.24, 2.45) is 0 Å².